The van der Waals surface area contributed by atoms with Crippen LogP contribution in [0.25, 0.3) is 0 Å². The Kier molecular flexibility index (Phi) is 4.95. The standard InChI is InChI=1S/C12H18ClN5OS/c1-8(10(14)20)17-3-5-18(6-4-17)11-9(13)7-15-12(16-11)19-2/h7-8H,3-6H2,1-2H3,(H2,14,20). The maximum Gasteiger partial charge on any atom is 0.318 e. The molecule has 0 spiro atoms. The lowest BCUT2D eigenvalue weighted by atomic mass is 10.2. The highest BCUT2D eigenvalue weighted by Crippen LogP contribution is 2.25. The summed E-state index contributed by atoms with van der Waals surface area (Å²) in [4.78, 5) is 13.2. The molecule has 0 aliphatic carbocycles. The Labute approximate surface area is 128 Å². The minimum Gasteiger partial charge on any atom is -0.467 e. The molecule has 2 heterocycles. The molecule has 6 nitrogen and oxygen atoms in total. The van der Waals surface area contributed by atoms with Crippen molar-refractivity contribution in [2.24, 2.45) is 5.73 Å². The number of nitrogens with two attached hydrogens (primary N) is 1. The number of thiocarbonyl (C=S) groups is 1. The molecule has 0 amide bonds. The van der Waals surface area contributed by atoms with Crippen molar-refractivity contribution in [3.63, 3.8) is 0 Å². The molecule has 0 aromatic carbocycles. The predicted molar refractivity (Wildman–Crippen MR) is 83.6 cm³/mol. The SMILES string of the molecule is COc1ncc(Cl)c(N2CCN(C(C)C(N)=S)CC2)n1. The van der Waals surface area contributed by atoms with E-state index in [1.54, 1.807) is 6.20 Å². The number of piperazine rings is 1. The number of methoxy groups -OCH3 is 1. The fraction of sp³-hybridized carbons (Fsp3) is 0.583. The maximum atomic E-state index is 6.16. The average molecular weight is 316 g/mol. The monoisotopic (exact) mass is 315 g/mol. The molecule has 2 rings (SSSR count). The molecular weight excluding hydrogens is 298 g/mol. The van der Waals surface area contributed by atoms with Crippen molar-refractivity contribution < 1.29 is 4.74 Å². The van der Waals surface area contributed by atoms with Crippen LogP contribution < -0.4 is 15.4 Å². The van der Waals surface area contributed by atoms with Gasteiger partial charge in [-0.15, -0.1) is 0 Å². The molecule has 0 saturated carbocycles. The van der Waals surface area contributed by atoms with Crippen LogP contribution in [0, 0.1) is 0 Å². The topological polar surface area (TPSA) is 67.5 Å². The van der Waals surface area contributed by atoms with Crippen LogP contribution in [0.3, 0.4) is 0 Å². The first-order valence-corrected chi connectivity index (χ1v) is 7.16. The second kappa shape index (κ2) is 6.51. The van der Waals surface area contributed by atoms with Gasteiger partial charge in [0, 0.05) is 26.2 Å². The van der Waals surface area contributed by atoms with Gasteiger partial charge in [-0.3, -0.25) is 4.90 Å². The van der Waals surface area contributed by atoms with Gasteiger partial charge in [-0.2, -0.15) is 4.98 Å². The summed E-state index contributed by atoms with van der Waals surface area (Å²) in [5, 5.41) is 0.529. The third-order valence-electron chi connectivity index (χ3n) is 3.46. The molecular formula is C12H18ClN5OS. The van der Waals surface area contributed by atoms with Gasteiger partial charge >= 0.3 is 6.01 Å². The second-order valence-corrected chi connectivity index (χ2v) is 5.51. The van der Waals surface area contributed by atoms with Crippen molar-refractivity contribution in [1.82, 2.24) is 14.9 Å². The van der Waals surface area contributed by atoms with Gasteiger partial charge in [0.25, 0.3) is 0 Å². The Morgan fingerprint density at radius 2 is 2.10 bits per heavy atom. The van der Waals surface area contributed by atoms with Gasteiger partial charge < -0.3 is 15.4 Å². The van der Waals surface area contributed by atoms with Gasteiger partial charge in [0.05, 0.1) is 24.3 Å². The summed E-state index contributed by atoms with van der Waals surface area (Å²) in [6.07, 6.45) is 1.56. The van der Waals surface area contributed by atoms with E-state index in [4.69, 9.17) is 34.3 Å². The van der Waals surface area contributed by atoms with E-state index in [-0.39, 0.29) is 6.04 Å². The summed E-state index contributed by atoms with van der Waals surface area (Å²) >= 11 is 11.2. The molecule has 1 aromatic heterocycles. The van der Waals surface area contributed by atoms with E-state index in [9.17, 15) is 0 Å². The number of hydrogen-bond acceptors (Lipinski definition) is 6. The number of halogens is 1. The van der Waals surface area contributed by atoms with Crippen molar-refractivity contribution in [1.29, 1.82) is 0 Å². The molecule has 1 fully saturated rings. The summed E-state index contributed by atoms with van der Waals surface area (Å²) in [7, 11) is 1.54. The van der Waals surface area contributed by atoms with Crippen LogP contribution in [0.5, 0.6) is 6.01 Å². The van der Waals surface area contributed by atoms with Crippen molar-refractivity contribution in [2.45, 2.75) is 13.0 Å². The van der Waals surface area contributed by atoms with E-state index in [2.05, 4.69) is 19.8 Å². The summed E-state index contributed by atoms with van der Waals surface area (Å²) in [6, 6.07) is 0.436. The molecule has 20 heavy (non-hydrogen) atoms. The largest absolute Gasteiger partial charge is 0.467 e. The highest BCUT2D eigenvalue weighted by molar-refractivity contribution is 7.80. The number of nitrogens with zero attached hydrogens (tertiary/aromatic N) is 4. The zero-order chi connectivity index (χ0) is 14.7. The Morgan fingerprint density at radius 1 is 1.45 bits per heavy atom. The van der Waals surface area contributed by atoms with Crippen molar-refractivity contribution in [2.75, 3.05) is 38.2 Å². The van der Waals surface area contributed by atoms with Crippen LogP contribution in [-0.2, 0) is 0 Å². The minimum atomic E-state index is 0.113. The minimum absolute atomic E-state index is 0.113. The van der Waals surface area contributed by atoms with Gasteiger partial charge in [-0.05, 0) is 6.92 Å². The predicted octanol–water partition coefficient (Wildman–Crippen LogP) is 0.935. The Bertz CT molecular complexity index is 493. The first kappa shape index (κ1) is 15.2. The van der Waals surface area contributed by atoms with Crippen LogP contribution in [0.4, 0.5) is 5.82 Å². The van der Waals surface area contributed by atoms with E-state index in [1.807, 2.05) is 6.92 Å². The van der Waals surface area contributed by atoms with Crippen LogP contribution in [0.15, 0.2) is 6.20 Å². The van der Waals surface area contributed by atoms with E-state index in [1.165, 1.54) is 7.11 Å². The van der Waals surface area contributed by atoms with Crippen LogP contribution >= 0.6 is 23.8 Å². The Balaban J connectivity index is 2.05. The fourth-order valence-corrected chi connectivity index (χ4v) is 2.52. The highest BCUT2D eigenvalue weighted by Gasteiger charge is 2.24. The van der Waals surface area contributed by atoms with Crippen molar-refractivity contribution in [3.05, 3.63) is 11.2 Å². The number of ether oxygens (including phenoxy) is 1. The van der Waals surface area contributed by atoms with E-state index in [0.717, 1.165) is 26.2 Å². The zero-order valence-electron chi connectivity index (χ0n) is 11.5. The van der Waals surface area contributed by atoms with Crippen LogP contribution in [-0.4, -0.2) is 59.2 Å². The average Bonchev–Trinajstić information content (AvgIpc) is 2.47. The third kappa shape index (κ3) is 3.28. The lowest BCUT2D eigenvalue weighted by Gasteiger charge is -2.38. The molecule has 8 heteroatoms. The number of anilines is 1. The second-order valence-electron chi connectivity index (χ2n) is 4.63. The normalized spacial score (nSPS) is 17.9. The van der Waals surface area contributed by atoms with Crippen molar-refractivity contribution >= 4 is 34.6 Å². The van der Waals surface area contributed by atoms with Gasteiger partial charge in [0.15, 0.2) is 5.82 Å². The Morgan fingerprint density at radius 3 is 2.65 bits per heavy atom. The number of aromatic nitrogens is 2. The van der Waals surface area contributed by atoms with E-state index in [0.29, 0.717) is 21.8 Å². The quantitative estimate of drug-likeness (QED) is 0.829. The summed E-state index contributed by atoms with van der Waals surface area (Å²) in [6.45, 7) is 5.38. The van der Waals surface area contributed by atoms with Gasteiger partial charge in [0.1, 0.15) is 5.02 Å². The molecule has 1 aliphatic heterocycles. The molecule has 1 saturated heterocycles. The lowest BCUT2D eigenvalue weighted by molar-refractivity contribution is 0.238. The fourth-order valence-electron chi connectivity index (χ4n) is 2.16. The molecule has 1 atom stereocenters. The molecule has 1 aliphatic rings. The maximum absolute atomic E-state index is 6.16. The van der Waals surface area contributed by atoms with Gasteiger partial charge in [-0.25, -0.2) is 4.98 Å². The number of hydrogen-bond donors (Lipinski definition) is 1. The summed E-state index contributed by atoms with van der Waals surface area (Å²) in [5.41, 5.74) is 5.69. The first-order chi connectivity index (χ1) is 9.52. The first-order valence-electron chi connectivity index (χ1n) is 6.37. The van der Waals surface area contributed by atoms with E-state index < -0.39 is 0 Å². The highest BCUT2D eigenvalue weighted by atomic mass is 35.5. The van der Waals surface area contributed by atoms with Crippen LogP contribution in [0.2, 0.25) is 5.02 Å². The molecule has 1 unspecified atom stereocenters. The third-order valence-corrected chi connectivity index (χ3v) is 4.07. The molecule has 1 aromatic rings. The van der Waals surface area contributed by atoms with Crippen molar-refractivity contribution in [3.8, 4) is 6.01 Å². The van der Waals surface area contributed by atoms with E-state index >= 15 is 0 Å². The van der Waals surface area contributed by atoms with Gasteiger partial charge in [-0.1, -0.05) is 23.8 Å². The van der Waals surface area contributed by atoms with Gasteiger partial charge in [0.2, 0.25) is 0 Å². The Hall–Kier alpha value is -1.18. The molecule has 0 radical (unpaired) electrons. The summed E-state index contributed by atoms with van der Waals surface area (Å²) < 4.78 is 5.04. The number of rotatable bonds is 4. The molecule has 0 bridgehead atoms. The van der Waals surface area contributed by atoms with Crippen LogP contribution in [0.1, 0.15) is 6.92 Å². The smallest absolute Gasteiger partial charge is 0.318 e. The lowest BCUT2D eigenvalue weighted by Crippen LogP contribution is -2.53. The molecule has 110 valence electrons. The summed E-state index contributed by atoms with van der Waals surface area (Å²) in [5.74, 6) is 0.709. The molecule has 2 N–H and O–H groups in total. The zero-order valence-corrected chi connectivity index (χ0v) is 13.1.